The Morgan fingerprint density at radius 2 is 1.68 bits per heavy atom. The van der Waals surface area contributed by atoms with Crippen LogP contribution >= 0.6 is 31.9 Å². The van der Waals surface area contributed by atoms with Gasteiger partial charge in [0.2, 0.25) is 5.60 Å². The first-order valence-corrected chi connectivity index (χ1v) is 8.94. The lowest BCUT2D eigenvalue weighted by atomic mass is 9.92. The molecule has 3 nitrogen and oxygen atoms in total. The van der Waals surface area contributed by atoms with Crippen LogP contribution in [0, 0.1) is 6.92 Å². The predicted molar refractivity (Wildman–Crippen MR) is 99.4 cm³/mol. The summed E-state index contributed by atoms with van der Waals surface area (Å²) in [5, 5.41) is 13.1. The SMILES string of the molecule is Cc1cc(NC[C@](O)(c2cc(Br)cc(Br)c2)C(F)(F)F)ccc1CN. The average molecular weight is 482 g/mol. The Labute approximate surface area is 160 Å². The number of alkyl halides is 3. The molecule has 0 saturated heterocycles. The molecular weight excluding hydrogens is 465 g/mol. The van der Waals surface area contributed by atoms with E-state index in [-0.39, 0.29) is 5.56 Å². The second-order valence-corrected chi connectivity index (χ2v) is 7.55. The van der Waals surface area contributed by atoms with Crippen molar-refractivity contribution in [2.75, 3.05) is 11.9 Å². The number of aryl methyl sites for hydroxylation is 1. The third kappa shape index (κ3) is 4.55. The summed E-state index contributed by atoms with van der Waals surface area (Å²) in [6.45, 7) is 1.46. The zero-order valence-electron chi connectivity index (χ0n) is 13.3. The number of nitrogens with two attached hydrogens (primary N) is 1. The van der Waals surface area contributed by atoms with Crippen LogP contribution in [0.15, 0.2) is 45.3 Å². The molecule has 0 aromatic heterocycles. The number of rotatable bonds is 5. The molecule has 8 heteroatoms. The van der Waals surface area contributed by atoms with Crippen molar-refractivity contribution in [1.29, 1.82) is 0 Å². The van der Waals surface area contributed by atoms with Crippen LogP contribution in [0.1, 0.15) is 16.7 Å². The third-order valence-corrected chi connectivity index (χ3v) is 4.84. The van der Waals surface area contributed by atoms with E-state index in [1.165, 1.54) is 12.1 Å². The van der Waals surface area contributed by atoms with E-state index in [9.17, 15) is 18.3 Å². The summed E-state index contributed by atoms with van der Waals surface area (Å²) < 4.78 is 41.7. The van der Waals surface area contributed by atoms with E-state index in [2.05, 4.69) is 37.2 Å². The summed E-state index contributed by atoms with van der Waals surface area (Å²) in [7, 11) is 0. The first kappa shape index (κ1) is 20.2. The van der Waals surface area contributed by atoms with Gasteiger partial charge in [0, 0.05) is 21.2 Å². The molecule has 0 spiro atoms. The monoisotopic (exact) mass is 480 g/mol. The minimum absolute atomic E-state index is 0.260. The van der Waals surface area contributed by atoms with Gasteiger partial charge in [0.1, 0.15) is 0 Å². The Morgan fingerprint density at radius 3 is 2.16 bits per heavy atom. The summed E-state index contributed by atoms with van der Waals surface area (Å²) in [5.74, 6) is 0. The molecule has 4 N–H and O–H groups in total. The molecule has 0 heterocycles. The van der Waals surface area contributed by atoms with Crippen molar-refractivity contribution < 1.29 is 18.3 Å². The van der Waals surface area contributed by atoms with E-state index in [0.717, 1.165) is 11.1 Å². The zero-order chi connectivity index (χ0) is 18.8. The van der Waals surface area contributed by atoms with Crippen molar-refractivity contribution in [3.63, 3.8) is 0 Å². The number of aliphatic hydroxyl groups is 1. The van der Waals surface area contributed by atoms with Gasteiger partial charge in [-0.1, -0.05) is 37.9 Å². The fraction of sp³-hybridized carbons (Fsp3) is 0.294. The van der Waals surface area contributed by atoms with Crippen LogP contribution in [-0.4, -0.2) is 17.8 Å². The molecule has 0 amide bonds. The maximum absolute atomic E-state index is 13.6. The van der Waals surface area contributed by atoms with Crippen LogP contribution in [0.2, 0.25) is 0 Å². The van der Waals surface area contributed by atoms with Crippen LogP contribution in [0.25, 0.3) is 0 Å². The van der Waals surface area contributed by atoms with Crippen LogP contribution in [0.4, 0.5) is 18.9 Å². The number of hydrogen-bond donors (Lipinski definition) is 3. The number of anilines is 1. The predicted octanol–water partition coefficient (Wildman–Crippen LogP) is 4.84. The van der Waals surface area contributed by atoms with E-state index < -0.39 is 18.3 Å². The van der Waals surface area contributed by atoms with Gasteiger partial charge in [-0.25, -0.2) is 0 Å². The van der Waals surface area contributed by atoms with E-state index in [1.807, 2.05) is 6.92 Å². The van der Waals surface area contributed by atoms with Gasteiger partial charge in [0.15, 0.2) is 0 Å². The standard InChI is InChI=1S/C17H17Br2F3N2O/c1-10-4-15(3-2-11(10)8-23)24-9-16(25,17(20,21)22)12-5-13(18)7-14(19)6-12/h2-7,24-25H,8-9,23H2,1H3/t16-/m0/s1. The molecule has 2 rings (SSSR count). The van der Waals surface area contributed by atoms with Crippen LogP contribution in [-0.2, 0) is 12.1 Å². The largest absolute Gasteiger partial charge is 0.423 e. The fourth-order valence-electron chi connectivity index (χ4n) is 2.42. The lowest BCUT2D eigenvalue weighted by molar-refractivity contribution is -0.260. The molecule has 0 aliphatic rings. The molecule has 0 bridgehead atoms. The van der Waals surface area contributed by atoms with Crippen molar-refractivity contribution in [3.05, 3.63) is 62.0 Å². The normalized spacial score (nSPS) is 14.2. The summed E-state index contributed by atoms with van der Waals surface area (Å²) in [6, 6.07) is 9.20. The highest BCUT2D eigenvalue weighted by Crippen LogP contribution is 2.41. The first-order valence-electron chi connectivity index (χ1n) is 7.36. The van der Waals surface area contributed by atoms with Gasteiger partial charge < -0.3 is 16.2 Å². The summed E-state index contributed by atoms with van der Waals surface area (Å²) >= 11 is 6.31. The minimum atomic E-state index is -4.85. The highest BCUT2D eigenvalue weighted by molar-refractivity contribution is 9.11. The van der Waals surface area contributed by atoms with E-state index in [4.69, 9.17) is 5.73 Å². The maximum Gasteiger partial charge on any atom is 0.423 e. The second-order valence-electron chi connectivity index (χ2n) is 5.72. The second kappa shape index (κ2) is 7.65. The quantitative estimate of drug-likeness (QED) is 0.572. The van der Waals surface area contributed by atoms with Gasteiger partial charge in [0.25, 0.3) is 0 Å². The fourth-order valence-corrected chi connectivity index (χ4v) is 3.72. The number of nitrogens with one attached hydrogen (secondary N) is 1. The summed E-state index contributed by atoms with van der Waals surface area (Å²) in [4.78, 5) is 0. The van der Waals surface area contributed by atoms with Crippen molar-refractivity contribution in [2.24, 2.45) is 5.73 Å². The number of hydrogen-bond acceptors (Lipinski definition) is 3. The Balaban J connectivity index is 2.34. The lowest BCUT2D eigenvalue weighted by Crippen LogP contribution is -2.47. The molecule has 0 aliphatic carbocycles. The Hall–Kier alpha value is -1.09. The highest BCUT2D eigenvalue weighted by atomic mass is 79.9. The van der Waals surface area contributed by atoms with E-state index in [0.29, 0.717) is 21.2 Å². The van der Waals surface area contributed by atoms with Crippen molar-refractivity contribution >= 4 is 37.5 Å². The number of benzene rings is 2. The average Bonchev–Trinajstić information content (AvgIpc) is 2.50. The molecule has 0 fully saturated rings. The van der Waals surface area contributed by atoms with Crippen LogP contribution in [0.3, 0.4) is 0 Å². The molecule has 25 heavy (non-hydrogen) atoms. The minimum Gasteiger partial charge on any atom is -0.381 e. The van der Waals surface area contributed by atoms with Crippen molar-refractivity contribution in [2.45, 2.75) is 25.2 Å². The molecule has 2 aromatic rings. The van der Waals surface area contributed by atoms with Crippen molar-refractivity contribution in [3.8, 4) is 0 Å². The van der Waals surface area contributed by atoms with E-state index >= 15 is 0 Å². The molecule has 0 saturated carbocycles. The molecular formula is C17H17Br2F3N2O. The van der Waals surface area contributed by atoms with Crippen LogP contribution in [0.5, 0.6) is 0 Å². The van der Waals surface area contributed by atoms with Gasteiger partial charge in [0.05, 0.1) is 6.54 Å². The van der Waals surface area contributed by atoms with Gasteiger partial charge in [-0.3, -0.25) is 0 Å². The Morgan fingerprint density at radius 1 is 1.08 bits per heavy atom. The van der Waals surface area contributed by atoms with Gasteiger partial charge in [-0.2, -0.15) is 13.2 Å². The first-order chi connectivity index (χ1) is 11.6. The smallest absolute Gasteiger partial charge is 0.381 e. The topological polar surface area (TPSA) is 58.3 Å². The number of halogens is 5. The third-order valence-electron chi connectivity index (χ3n) is 3.92. The molecule has 0 unspecified atom stereocenters. The highest BCUT2D eigenvalue weighted by Gasteiger charge is 2.55. The molecule has 0 aliphatic heterocycles. The Kier molecular flexibility index (Phi) is 6.19. The zero-order valence-corrected chi connectivity index (χ0v) is 16.5. The van der Waals surface area contributed by atoms with Crippen molar-refractivity contribution in [1.82, 2.24) is 0 Å². The van der Waals surface area contributed by atoms with Gasteiger partial charge in [-0.15, -0.1) is 0 Å². The van der Waals surface area contributed by atoms with Gasteiger partial charge >= 0.3 is 6.18 Å². The Bertz CT molecular complexity index is 748. The molecule has 1 atom stereocenters. The van der Waals surface area contributed by atoms with Crippen LogP contribution < -0.4 is 11.1 Å². The summed E-state index contributed by atoms with van der Waals surface area (Å²) in [5.41, 5.74) is 4.54. The molecule has 2 aromatic carbocycles. The molecule has 0 radical (unpaired) electrons. The summed E-state index contributed by atoms with van der Waals surface area (Å²) in [6.07, 6.45) is -4.85. The molecule has 136 valence electrons. The van der Waals surface area contributed by atoms with E-state index in [1.54, 1.807) is 24.3 Å². The maximum atomic E-state index is 13.6. The van der Waals surface area contributed by atoms with Gasteiger partial charge in [-0.05, 0) is 53.9 Å². The lowest BCUT2D eigenvalue weighted by Gasteiger charge is -2.32.